The molecule has 0 unspecified atom stereocenters. The highest BCUT2D eigenvalue weighted by atomic mass is 14.2. The van der Waals surface area contributed by atoms with Crippen LogP contribution in [0, 0.1) is 22.7 Å². The maximum absolute atomic E-state index is 9.21. The zero-order chi connectivity index (χ0) is 20.8. The molecule has 30 heavy (non-hydrogen) atoms. The van der Waals surface area contributed by atoms with Gasteiger partial charge in [0.2, 0.25) is 0 Å². The van der Waals surface area contributed by atoms with Gasteiger partial charge in [-0.05, 0) is 57.7 Å². The summed E-state index contributed by atoms with van der Waals surface area (Å²) in [5, 5.41) is 18.4. The van der Waals surface area contributed by atoms with Crippen LogP contribution >= 0.6 is 0 Å². The number of hydrogen-bond donors (Lipinski definition) is 0. The summed E-state index contributed by atoms with van der Waals surface area (Å²) in [7, 11) is 0. The molecule has 0 saturated carbocycles. The van der Waals surface area contributed by atoms with E-state index in [-0.39, 0.29) is 0 Å². The van der Waals surface area contributed by atoms with Crippen LogP contribution in [0.3, 0.4) is 0 Å². The summed E-state index contributed by atoms with van der Waals surface area (Å²) in [6.45, 7) is 0. The molecule has 0 aromatic heterocycles. The van der Waals surface area contributed by atoms with Crippen LogP contribution in [0.1, 0.15) is 33.4 Å². The summed E-state index contributed by atoms with van der Waals surface area (Å²) in [6.07, 6.45) is 0. The van der Waals surface area contributed by atoms with E-state index in [4.69, 9.17) is 0 Å². The van der Waals surface area contributed by atoms with E-state index in [0.29, 0.717) is 11.1 Å². The lowest BCUT2D eigenvalue weighted by atomic mass is 9.85. The molecule has 0 spiro atoms. The summed E-state index contributed by atoms with van der Waals surface area (Å²) in [4.78, 5) is 0. The predicted molar refractivity (Wildman–Crippen MR) is 120 cm³/mol. The van der Waals surface area contributed by atoms with Crippen LogP contribution < -0.4 is 0 Å². The number of nitriles is 2. The van der Waals surface area contributed by atoms with Crippen LogP contribution in [0.25, 0.3) is 11.1 Å². The highest BCUT2D eigenvalue weighted by Gasteiger charge is 2.16. The summed E-state index contributed by atoms with van der Waals surface area (Å²) >= 11 is 0. The van der Waals surface area contributed by atoms with Gasteiger partial charge in [-0.25, -0.2) is 0 Å². The van der Waals surface area contributed by atoms with Gasteiger partial charge in [-0.3, -0.25) is 0 Å². The van der Waals surface area contributed by atoms with Crippen molar-refractivity contribution >= 4 is 11.1 Å². The van der Waals surface area contributed by atoms with Gasteiger partial charge in [0.15, 0.2) is 0 Å². The Hall–Kier alpha value is -4.40. The van der Waals surface area contributed by atoms with Gasteiger partial charge in [-0.1, -0.05) is 84.9 Å². The van der Waals surface area contributed by atoms with Crippen LogP contribution in [0.4, 0.5) is 0 Å². The number of nitrogens with zero attached hydrogens (tertiary/aromatic N) is 2. The highest BCUT2D eigenvalue weighted by molar-refractivity contribution is 6.04. The first-order chi connectivity index (χ1) is 14.8. The Morgan fingerprint density at radius 3 is 1.00 bits per heavy atom. The summed E-state index contributed by atoms with van der Waals surface area (Å²) in [5.41, 5.74) is 7.65. The Bertz CT molecular complexity index is 1150. The smallest absolute Gasteiger partial charge is 0.0991 e. The minimum atomic E-state index is 0.624. The molecule has 0 amide bonds. The van der Waals surface area contributed by atoms with Gasteiger partial charge in [-0.2, -0.15) is 10.5 Å². The van der Waals surface area contributed by atoms with E-state index >= 15 is 0 Å². The third-order valence-corrected chi connectivity index (χ3v) is 4.98. The van der Waals surface area contributed by atoms with Crippen LogP contribution in [-0.2, 0) is 0 Å². The lowest BCUT2D eigenvalue weighted by Crippen LogP contribution is -1.97. The third kappa shape index (κ3) is 3.90. The Labute approximate surface area is 176 Å². The standard InChI is InChI=1S/C28H18N2/c29-19-21-11-15-25(16-12-21)28(26-17-13-22(20-30)14-18-26)27(23-7-3-1-4-8-23)24-9-5-2-6-10-24/h1-18H. The van der Waals surface area contributed by atoms with E-state index in [0.717, 1.165) is 33.4 Å². The average molecular weight is 382 g/mol. The molecule has 4 aromatic carbocycles. The molecule has 2 nitrogen and oxygen atoms in total. The lowest BCUT2D eigenvalue weighted by molar-refractivity contribution is 1.45. The van der Waals surface area contributed by atoms with Crippen molar-refractivity contribution in [3.8, 4) is 12.1 Å². The molecular weight excluding hydrogens is 364 g/mol. The fraction of sp³-hybridized carbons (Fsp3) is 0. The second-order valence-corrected chi connectivity index (χ2v) is 6.86. The Morgan fingerprint density at radius 2 is 0.700 bits per heavy atom. The average Bonchev–Trinajstić information content (AvgIpc) is 2.84. The first-order valence-electron chi connectivity index (χ1n) is 9.66. The first-order valence-corrected chi connectivity index (χ1v) is 9.66. The van der Waals surface area contributed by atoms with Crippen LogP contribution in [0.2, 0.25) is 0 Å². The maximum atomic E-state index is 9.21. The monoisotopic (exact) mass is 382 g/mol. The molecule has 4 aromatic rings. The summed E-state index contributed by atoms with van der Waals surface area (Å²) < 4.78 is 0. The molecule has 0 heterocycles. The van der Waals surface area contributed by atoms with Gasteiger partial charge in [0.25, 0.3) is 0 Å². The Balaban J connectivity index is 2.06. The highest BCUT2D eigenvalue weighted by Crippen LogP contribution is 2.36. The molecule has 0 bridgehead atoms. The van der Waals surface area contributed by atoms with Crippen molar-refractivity contribution in [2.45, 2.75) is 0 Å². The van der Waals surface area contributed by atoms with Crippen molar-refractivity contribution in [1.82, 2.24) is 0 Å². The van der Waals surface area contributed by atoms with Gasteiger partial charge in [0.05, 0.1) is 23.3 Å². The van der Waals surface area contributed by atoms with Crippen molar-refractivity contribution in [1.29, 1.82) is 10.5 Å². The topological polar surface area (TPSA) is 47.6 Å². The van der Waals surface area contributed by atoms with Crippen molar-refractivity contribution < 1.29 is 0 Å². The molecule has 4 rings (SSSR count). The molecule has 2 heteroatoms. The van der Waals surface area contributed by atoms with E-state index in [9.17, 15) is 10.5 Å². The Kier molecular flexibility index (Phi) is 5.52. The molecule has 0 aliphatic carbocycles. The van der Waals surface area contributed by atoms with E-state index in [2.05, 4.69) is 36.4 Å². The fourth-order valence-electron chi connectivity index (χ4n) is 3.54. The molecule has 0 fully saturated rings. The predicted octanol–water partition coefficient (Wildman–Crippen LogP) is 6.44. The van der Waals surface area contributed by atoms with Crippen LogP contribution in [-0.4, -0.2) is 0 Å². The quantitative estimate of drug-likeness (QED) is 0.381. The number of benzene rings is 4. The van der Waals surface area contributed by atoms with Crippen molar-refractivity contribution in [2.75, 3.05) is 0 Å². The molecule has 0 aliphatic rings. The molecule has 0 N–H and O–H groups in total. The van der Waals surface area contributed by atoms with E-state index < -0.39 is 0 Å². The lowest BCUT2D eigenvalue weighted by Gasteiger charge is -2.18. The van der Waals surface area contributed by atoms with Crippen molar-refractivity contribution in [3.05, 3.63) is 143 Å². The Morgan fingerprint density at radius 1 is 0.400 bits per heavy atom. The van der Waals surface area contributed by atoms with E-state index in [1.807, 2.05) is 84.9 Å². The fourth-order valence-corrected chi connectivity index (χ4v) is 3.54. The molecule has 0 aliphatic heterocycles. The summed E-state index contributed by atoms with van der Waals surface area (Å²) in [6, 6.07) is 40.3. The van der Waals surface area contributed by atoms with Gasteiger partial charge >= 0.3 is 0 Å². The molecule has 0 radical (unpaired) electrons. The summed E-state index contributed by atoms with van der Waals surface area (Å²) in [5.74, 6) is 0. The second kappa shape index (κ2) is 8.74. The van der Waals surface area contributed by atoms with Gasteiger partial charge in [0, 0.05) is 0 Å². The first kappa shape index (κ1) is 18.9. The van der Waals surface area contributed by atoms with Crippen molar-refractivity contribution in [2.24, 2.45) is 0 Å². The minimum Gasteiger partial charge on any atom is -0.192 e. The molecule has 140 valence electrons. The van der Waals surface area contributed by atoms with Crippen molar-refractivity contribution in [3.63, 3.8) is 0 Å². The molecular formula is C28H18N2. The van der Waals surface area contributed by atoms with Gasteiger partial charge in [0.1, 0.15) is 0 Å². The zero-order valence-electron chi connectivity index (χ0n) is 16.3. The van der Waals surface area contributed by atoms with E-state index in [1.54, 1.807) is 0 Å². The zero-order valence-corrected chi connectivity index (χ0v) is 16.3. The largest absolute Gasteiger partial charge is 0.192 e. The van der Waals surface area contributed by atoms with Gasteiger partial charge < -0.3 is 0 Å². The number of rotatable bonds is 4. The molecule has 0 saturated heterocycles. The SMILES string of the molecule is N#Cc1ccc(C(=C(c2ccccc2)c2ccccc2)c2ccc(C#N)cc2)cc1. The van der Waals surface area contributed by atoms with Crippen LogP contribution in [0.5, 0.6) is 0 Å². The normalized spacial score (nSPS) is 9.93. The number of hydrogen-bond acceptors (Lipinski definition) is 2. The second-order valence-electron chi connectivity index (χ2n) is 6.86. The third-order valence-electron chi connectivity index (χ3n) is 4.98. The van der Waals surface area contributed by atoms with Crippen LogP contribution in [0.15, 0.2) is 109 Å². The molecule has 0 atom stereocenters. The maximum Gasteiger partial charge on any atom is 0.0991 e. The van der Waals surface area contributed by atoms with E-state index in [1.165, 1.54) is 0 Å². The van der Waals surface area contributed by atoms with Gasteiger partial charge in [-0.15, -0.1) is 0 Å². The minimum absolute atomic E-state index is 0.624.